The molecule has 0 spiro atoms. The van der Waals surface area contributed by atoms with Crippen LogP contribution in [0.15, 0.2) is 89.8 Å². The molecular formula is C39H42ClF4N3O4S. The van der Waals surface area contributed by atoms with E-state index in [-0.39, 0.29) is 53.0 Å². The van der Waals surface area contributed by atoms with Gasteiger partial charge in [-0.3, -0.25) is 9.59 Å². The summed E-state index contributed by atoms with van der Waals surface area (Å²) in [4.78, 5) is 30.4. The number of benzene rings is 4. The van der Waals surface area contributed by atoms with E-state index in [9.17, 15) is 32.3 Å². The monoisotopic (exact) mass is 759 g/mol. The van der Waals surface area contributed by atoms with Crippen molar-refractivity contribution >= 4 is 40.9 Å². The minimum Gasteiger partial charge on any atom is -0.490 e. The average molecular weight is 760 g/mol. The summed E-state index contributed by atoms with van der Waals surface area (Å²) in [6.45, 7) is 5.16. The lowest BCUT2D eigenvalue weighted by atomic mass is 10.0. The number of nitrogens with zero attached hydrogens (tertiary/aromatic N) is 2. The van der Waals surface area contributed by atoms with E-state index < -0.39 is 17.6 Å². The summed E-state index contributed by atoms with van der Waals surface area (Å²) >= 11 is 7.43. The van der Waals surface area contributed by atoms with Crippen LogP contribution in [0.25, 0.3) is 0 Å². The summed E-state index contributed by atoms with van der Waals surface area (Å²) in [6, 6.07) is 22.2. The molecule has 0 fully saturated rings. The van der Waals surface area contributed by atoms with Crippen LogP contribution in [0.3, 0.4) is 0 Å². The predicted molar refractivity (Wildman–Crippen MR) is 197 cm³/mol. The second-order valence-electron chi connectivity index (χ2n) is 12.9. The maximum atomic E-state index is 13.1. The van der Waals surface area contributed by atoms with E-state index in [0.717, 1.165) is 29.3 Å². The molecule has 4 aromatic carbocycles. The maximum absolute atomic E-state index is 13.1. The number of aliphatic hydroxyl groups is 1. The molecule has 2 atom stereocenters. The van der Waals surface area contributed by atoms with E-state index in [1.54, 1.807) is 53.9 Å². The van der Waals surface area contributed by atoms with Crippen molar-refractivity contribution in [3.8, 4) is 5.75 Å². The highest BCUT2D eigenvalue weighted by molar-refractivity contribution is 7.98. The number of halogens is 5. The number of ether oxygens (including phenoxy) is 1. The molecule has 2 N–H and O–H groups in total. The molecule has 0 bridgehead atoms. The first kappa shape index (κ1) is 40.7. The molecule has 0 aliphatic carbocycles. The van der Waals surface area contributed by atoms with Gasteiger partial charge in [-0.05, 0) is 80.2 Å². The summed E-state index contributed by atoms with van der Waals surface area (Å²) in [5, 5.41) is 12.4. The first-order valence-corrected chi connectivity index (χ1v) is 17.9. The summed E-state index contributed by atoms with van der Waals surface area (Å²) in [5.41, 5.74) is 2.76. The minimum atomic E-state index is -4.44. The average Bonchev–Trinajstić information content (AvgIpc) is 3.09. The third-order valence-electron chi connectivity index (χ3n) is 8.06. The number of aliphatic hydroxyl groups excluding tert-OH is 1. The quantitative estimate of drug-likeness (QED) is 0.125. The fraction of sp³-hybridized carbons (Fsp3) is 0.333. The van der Waals surface area contributed by atoms with Crippen molar-refractivity contribution in [1.82, 2.24) is 9.80 Å². The Morgan fingerprint density at radius 2 is 1.69 bits per heavy atom. The van der Waals surface area contributed by atoms with Gasteiger partial charge in [0, 0.05) is 29.7 Å². The van der Waals surface area contributed by atoms with Crippen LogP contribution >= 0.6 is 23.4 Å². The molecule has 2 amide bonds. The molecule has 5 rings (SSSR count). The molecule has 278 valence electrons. The van der Waals surface area contributed by atoms with Crippen molar-refractivity contribution in [2.45, 2.75) is 49.7 Å². The Morgan fingerprint density at radius 1 is 1.04 bits per heavy atom. The summed E-state index contributed by atoms with van der Waals surface area (Å²) in [5.74, 6) is -0.0534. The van der Waals surface area contributed by atoms with Gasteiger partial charge in [-0.2, -0.15) is 13.2 Å². The number of rotatable bonds is 10. The van der Waals surface area contributed by atoms with Gasteiger partial charge in [-0.25, -0.2) is 4.39 Å². The van der Waals surface area contributed by atoms with Crippen molar-refractivity contribution in [3.63, 3.8) is 0 Å². The van der Waals surface area contributed by atoms with Crippen molar-refractivity contribution in [1.29, 1.82) is 0 Å². The van der Waals surface area contributed by atoms with E-state index in [2.05, 4.69) is 48.6 Å². The van der Waals surface area contributed by atoms with E-state index in [1.165, 1.54) is 29.3 Å². The number of amides is 2. The van der Waals surface area contributed by atoms with Crippen LogP contribution in [0.4, 0.5) is 23.2 Å². The molecule has 1 aliphatic heterocycles. The second kappa shape index (κ2) is 18.6. The molecule has 1 heterocycles. The summed E-state index contributed by atoms with van der Waals surface area (Å²) in [6.07, 6.45) is -4.58. The van der Waals surface area contributed by atoms with Crippen LogP contribution in [0.5, 0.6) is 5.75 Å². The largest absolute Gasteiger partial charge is 0.490 e. The van der Waals surface area contributed by atoms with Gasteiger partial charge in [0.2, 0.25) is 5.91 Å². The Kier molecular flexibility index (Phi) is 14.5. The van der Waals surface area contributed by atoms with Crippen LogP contribution in [0.1, 0.15) is 46.5 Å². The van der Waals surface area contributed by atoms with Gasteiger partial charge >= 0.3 is 6.18 Å². The third-order valence-corrected chi connectivity index (χ3v) is 9.42. The zero-order chi connectivity index (χ0) is 38.0. The van der Waals surface area contributed by atoms with Gasteiger partial charge in [-0.1, -0.05) is 61.0 Å². The highest BCUT2D eigenvalue weighted by Crippen LogP contribution is 2.34. The molecule has 0 saturated carbocycles. The number of fused-ring (bicyclic) bond motifs is 1. The Hall–Kier alpha value is -4.10. The van der Waals surface area contributed by atoms with Gasteiger partial charge in [0.1, 0.15) is 5.82 Å². The number of carbonyl (C=O) groups excluding carboxylic acids is 2. The fourth-order valence-corrected chi connectivity index (χ4v) is 6.46. The van der Waals surface area contributed by atoms with Crippen molar-refractivity contribution in [2.24, 2.45) is 5.92 Å². The smallest absolute Gasteiger partial charge is 0.416 e. The number of alkyl halides is 3. The van der Waals surface area contributed by atoms with Gasteiger partial charge in [-0.15, -0.1) is 11.8 Å². The maximum Gasteiger partial charge on any atom is 0.416 e. The molecule has 7 nitrogen and oxygen atoms in total. The number of thioether (sulfide) groups is 1. The molecule has 52 heavy (non-hydrogen) atoms. The van der Waals surface area contributed by atoms with Crippen LogP contribution in [-0.2, 0) is 29.7 Å². The summed E-state index contributed by atoms with van der Waals surface area (Å²) in [7, 11) is 4.12. The Bertz CT molecular complexity index is 1810. The van der Waals surface area contributed by atoms with Gasteiger partial charge in [0.25, 0.3) is 5.91 Å². The lowest BCUT2D eigenvalue weighted by Crippen LogP contribution is -2.45. The van der Waals surface area contributed by atoms with Crippen molar-refractivity contribution < 1.29 is 37.0 Å². The predicted octanol–water partition coefficient (Wildman–Crippen LogP) is 8.57. The van der Waals surface area contributed by atoms with E-state index in [4.69, 9.17) is 16.3 Å². The Labute approximate surface area is 310 Å². The van der Waals surface area contributed by atoms with Gasteiger partial charge in [0.05, 0.1) is 47.5 Å². The minimum absolute atomic E-state index is 0.00277. The number of hydrogen-bond acceptors (Lipinski definition) is 6. The molecule has 0 aromatic heterocycles. The molecule has 0 radical (unpaired) electrons. The highest BCUT2D eigenvalue weighted by Gasteiger charge is 2.31. The van der Waals surface area contributed by atoms with E-state index >= 15 is 0 Å². The zero-order valence-electron chi connectivity index (χ0n) is 29.3. The first-order valence-electron chi connectivity index (χ1n) is 16.6. The van der Waals surface area contributed by atoms with Gasteiger partial charge in [0.15, 0.2) is 5.75 Å². The normalized spacial score (nSPS) is 15.1. The molecular weight excluding hydrogens is 718 g/mol. The number of carbonyl (C=O) groups is 2. The van der Waals surface area contributed by atoms with Crippen molar-refractivity contribution in [2.75, 3.05) is 39.2 Å². The molecule has 1 aliphatic rings. The van der Waals surface area contributed by atoms with Crippen LogP contribution < -0.4 is 10.1 Å². The lowest BCUT2D eigenvalue weighted by Gasteiger charge is -2.33. The standard InChI is InChI=1S/C23H25F3N2O4.C16H17ClFNS/c1-14-11-28(15(2)12-29)22(31)18-4-3-5-19(21(18)32-13-14)27-20(30)10-16-6-8-17(9-7-16)23(24,25)26;1-19(2)10-12-3-5-13(6-4-12)11-20-14-7-8-16(18)15(17)9-14/h3-9,14-15,29H,10-13H2,1-2H3,(H,27,30);3-9H,10-11H2,1-2H3/t14-,15+;/m1./s1. The highest BCUT2D eigenvalue weighted by atomic mass is 35.5. The third kappa shape index (κ3) is 11.7. The molecule has 13 heteroatoms. The van der Waals surface area contributed by atoms with Crippen molar-refractivity contribution in [3.05, 3.63) is 124 Å². The molecule has 0 saturated heterocycles. The van der Waals surface area contributed by atoms with Crippen LogP contribution in [0.2, 0.25) is 5.02 Å². The second-order valence-corrected chi connectivity index (χ2v) is 14.4. The first-order chi connectivity index (χ1) is 24.6. The lowest BCUT2D eigenvalue weighted by molar-refractivity contribution is -0.137. The Balaban J connectivity index is 0.000000259. The fourth-order valence-electron chi connectivity index (χ4n) is 5.32. The van der Waals surface area contributed by atoms with Crippen LogP contribution in [0, 0.1) is 11.7 Å². The molecule has 4 aromatic rings. The number of hydrogen-bond donors (Lipinski definition) is 2. The Morgan fingerprint density at radius 3 is 2.31 bits per heavy atom. The van der Waals surface area contributed by atoms with E-state index in [1.807, 2.05) is 6.92 Å². The number of para-hydroxylation sites is 1. The topological polar surface area (TPSA) is 82.1 Å². The molecule has 0 unspecified atom stereocenters. The zero-order valence-corrected chi connectivity index (χ0v) is 30.9. The van der Waals surface area contributed by atoms with Crippen LogP contribution in [-0.4, -0.2) is 66.6 Å². The number of anilines is 1. The SMILES string of the molecule is CN(C)Cc1ccc(CSc2ccc(F)c(Cl)c2)cc1.C[C@H]1COc2c(NC(=O)Cc3ccc(C(F)(F)F)cc3)cccc2C(=O)N([C@@H](C)CO)C1. The van der Waals surface area contributed by atoms with Gasteiger partial charge < -0.3 is 25.0 Å². The van der Waals surface area contributed by atoms with E-state index in [0.29, 0.717) is 24.4 Å². The summed E-state index contributed by atoms with van der Waals surface area (Å²) < 4.78 is 57.1. The number of nitrogens with one attached hydrogen (secondary N) is 1.